The van der Waals surface area contributed by atoms with E-state index in [0.29, 0.717) is 11.6 Å². The normalized spacial score (nSPS) is 9.86. The van der Waals surface area contributed by atoms with Crippen molar-refractivity contribution in [2.45, 2.75) is 0 Å². The third-order valence-corrected chi connectivity index (χ3v) is 1.78. The molecule has 0 aromatic heterocycles. The van der Waals surface area contributed by atoms with Crippen LogP contribution in [0.2, 0.25) is 5.02 Å². The average Bonchev–Trinajstić information content (AvgIpc) is 2.14. The van der Waals surface area contributed by atoms with E-state index in [4.69, 9.17) is 27.2 Å². The summed E-state index contributed by atoms with van der Waals surface area (Å²) in [6.45, 7) is 0.589. The second-order valence-corrected chi connectivity index (χ2v) is 3.02. The van der Waals surface area contributed by atoms with Crippen molar-refractivity contribution in [1.29, 1.82) is 0 Å². The number of rotatable bonds is 4. The first kappa shape index (κ1) is 10.8. The highest BCUT2D eigenvalue weighted by molar-refractivity contribution is 6.30. The maximum Gasteiger partial charge on any atom is 0.339 e. The number of carbonyl (C=O) groups is 1. The highest BCUT2D eigenvalue weighted by Gasteiger charge is 2.11. The third-order valence-electron chi connectivity index (χ3n) is 1.55. The van der Waals surface area contributed by atoms with Crippen LogP contribution in [0.4, 0.5) is 0 Å². The number of halogens is 1. The summed E-state index contributed by atoms with van der Waals surface area (Å²) in [7, 11) is 0. The Morgan fingerprint density at radius 1 is 1.57 bits per heavy atom. The van der Waals surface area contributed by atoms with Gasteiger partial charge in [-0.1, -0.05) is 11.6 Å². The van der Waals surface area contributed by atoms with Gasteiger partial charge in [-0.25, -0.2) is 4.79 Å². The van der Waals surface area contributed by atoms with E-state index >= 15 is 0 Å². The first-order valence-corrected chi connectivity index (χ1v) is 4.38. The molecule has 0 aliphatic carbocycles. The smallest absolute Gasteiger partial charge is 0.339 e. The standard InChI is InChI=1S/C9H10ClNO3/c10-6-1-2-7(9(12)13)8(5-6)14-4-3-11/h1-2,5H,3-4,11H2,(H,12,13). The van der Waals surface area contributed by atoms with Crippen LogP contribution in [0.15, 0.2) is 18.2 Å². The van der Waals surface area contributed by atoms with Gasteiger partial charge in [-0.2, -0.15) is 0 Å². The summed E-state index contributed by atoms with van der Waals surface area (Å²) in [6, 6.07) is 4.36. The zero-order chi connectivity index (χ0) is 10.6. The Hall–Kier alpha value is -1.26. The summed E-state index contributed by atoms with van der Waals surface area (Å²) in [4.78, 5) is 10.7. The Labute approximate surface area is 86.2 Å². The number of hydrogen-bond acceptors (Lipinski definition) is 3. The van der Waals surface area contributed by atoms with Gasteiger partial charge in [-0.3, -0.25) is 0 Å². The lowest BCUT2D eigenvalue weighted by molar-refractivity contribution is 0.0692. The van der Waals surface area contributed by atoms with Gasteiger partial charge in [0.25, 0.3) is 0 Å². The van der Waals surface area contributed by atoms with Gasteiger partial charge in [0.15, 0.2) is 0 Å². The highest BCUT2D eigenvalue weighted by atomic mass is 35.5. The fourth-order valence-electron chi connectivity index (χ4n) is 0.961. The van der Waals surface area contributed by atoms with Crippen LogP contribution in [0.3, 0.4) is 0 Å². The minimum absolute atomic E-state index is 0.0860. The van der Waals surface area contributed by atoms with Crippen LogP contribution in [0.5, 0.6) is 5.75 Å². The summed E-state index contributed by atoms with van der Waals surface area (Å²) in [5.74, 6) is -0.802. The molecule has 3 N–H and O–H groups in total. The maximum atomic E-state index is 10.7. The Balaban J connectivity index is 2.97. The zero-order valence-corrected chi connectivity index (χ0v) is 8.12. The number of aromatic carboxylic acids is 1. The van der Waals surface area contributed by atoms with Crippen LogP contribution in [-0.4, -0.2) is 24.2 Å². The zero-order valence-electron chi connectivity index (χ0n) is 7.37. The lowest BCUT2D eigenvalue weighted by Crippen LogP contribution is -2.12. The lowest BCUT2D eigenvalue weighted by atomic mass is 10.2. The predicted molar refractivity (Wildman–Crippen MR) is 53.0 cm³/mol. The number of carboxylic acid groups (broad SMARTS) is 1. The molecule has 0 saturated heterocycles. The second-order valence-electron chi connectivity index (χ2n) is 2.58. The molecule has 1 aromatic rings. The monoisotopic (exact) mass is 215 g/mol. The molecule has 0 atom stereocenters. The molecular weight excluding hydrogens is 206 g/mol. The van der Waals surface area contributed by atoms with Crippen LogP contribution >= 0.6 is 11.6 Å². The summed E-state index contributed by atoms with van der Waals surface area (Å²) in [6.07, 6.45) is 0. The molecule has 1 rings (SSSR count). The van der Waals surface area contributed by atoms with E-state index < -0.39 is 5.97 Å². The van der Waals surface area contributed by atoms with E-state index in [9.17, 15) is 4.79 Å². The average molecular weight is 216 g/mol. The van der Waals surface area contributed by atoms with E-state index in [0.717, 1.165) is 0 Å². The van der Waals surface area contributed by atoms with Gasteiger partial charge in [-0.15, -0.1) is 0 Å². The van der Waals surface area contributed by atoms with Gasteiger partial charge in [-0.05, 0) is 18.2 Å². The molecule has 0 heterocycles. The number of benzene rings is 1. The SMILES string of the molecule is NCCOc1cc(Cl)ccc1C(=O)O. The Bertz CT molecular complexity index is 341. The molecule has 76 valence electrons. The second kappa shape index (κ2) is 4.83. The molecule has 4 nitrogen and oxygen atoms in total. The van der Waals surface area contributed by atoms with E-state index in [1.807, 2.05) is 0 Å². The molecule has 1 aromatic carbocycles. The Morgan fingerprint density at radius 2 is 2.29 bits per heavy atom. The topological polar surface area (TPSA) is 72.5 Å². The van der Waals surface area contributed by atoms with Crippen molar-refractivity contribution < 1.29 is 14.6 Å². The summed E-state index contributed by atoms with van der Waals surface area (Å²) >= 11 is 5.70. The molecule has 14 heavy (non-hydrogen) atoms. The van der Waals surface area contributed by atoms with Crippen molar-refractivity contribution >= 4 is 17.6 Å². The molecule has 0 amide bonds. The van der Waals surface area contributed by atoms with Gasteiger partial charge in [0.2, 0.25) is 0 Å². The molecule has 0 aliphatic heterocycles. The van der Waals surface area contributed by atoms with Gasteiger partial charge < -0.3 is 15.6 Å². The van der Waals surface area contributed by atoms with Crippen molar-refractivity contribution in [3.63, 3.8) is 0 Å². The Morgan fingerprint density at radius 3 is 2.86 bits per heavy atom. The number of carboxylic acids is 1. The van der Waals surface area contributed by atoms with Crippen LogP contribution in [0, 0.1) is 0 Å². The molecule has 0 saturated carbocycles. The van der Waals surface area contributed by atoms with Gasteiger partial charge in [0, 0.05) is 11.6 Å². The molecule has 0 bridgehead atoms. The summed E-state index contributed by atoms with van der Waals surface area (Å²) in [5, 5.41) is 9.23. The Kier molecular flexibility index (Phi) is 3.73. The molecule has 0 spiro atoms. The van der Waals surface area contributed by atoms with Crippen LogP contribution in [0.25, 0.3) is 0 Å². The van der Waals surface area contributed by atoms with Crippen molar-refractivity contribution in [2.75, 3.05) is 13.2 Å². The molecular formula is C9H10ClNO3. The largest absolute Gasteiger partial charge is 0.491 e. The van der Waals surface area contributed by atoms with Crippen LogP contribution in [0.1, 0.15) is 10.4 Å². The number of ether oxygens (including phenoxy) is 1. The first-order valence-electron chi connectivity index (χ1n) is 4.01. The quantitative estimate of drug-likeness (QED) is 0.796. The first-order chi connectivity index (χ1) is 6.65. The van der Waals surface area contributed by atoms with Gasteiger partial charge >= 0.3 is 5.97 Å². The van der Waals surface area contributed by atoms with E-state index in [-0.39, 0.29) is 17.9 Å². The maximum absolute atomic E-state index is 10.7. The molecule has 5 heteroatoms. The number of nitrogens with two attached hydrogens (primary N) is 1. The summed E-state index contributed by atoms with van der Waals surface area (Å²) in [5.41, 5.74) is 5.32. The van der Waals surface area contributed by atoms with E-state index in [1.165, 1.54) is 18.2 Å². The van der Waals surface area contributed by atoms with Gasteiger partial charge in [0.05, 0.1) is 0 Å². The van der Waals surface area contributed by atoms with E-state index in [1.54, 1.807) is 0 Å². The molecule has 0 radical (unpaired) electrons. The third kappa shape index (κ3) is 2.61. The predicted octanol–water partition coefficient (Wildman–Crippen LogP) is 1.38. The van der Waals surface area contributed by atoms with Gasteiger partial charge in [0.1, 0.15) is 17.9 Å². The molecule has 0 unspecified atom stereocenters. The lowest BCUT2D eigenvalue weighted by Gasteiger charge is -2.07. The minimum atomic E-state index is -1.05. The van der Waals surface area contributed by atoms with Crippen molar-refractivity contribution in [3.05, 3.63) is 28.8 Å². The van der Waals surface area contributed by atoms with Crippen LogP contribution < -0.4 is 10.5 Å². The minimum Gasteiger partial charge on any atom is -0.491 e. The van der Waals surface area contributed by atoms with E-state index in [2.05, 4.69) is 0 Å². The molecule has 0 aliphatic rings. The fraction of sp³-hybridized carbons (Fsp3) is 0.222. The summed E-state index contributed by atoms with van der Waals surface area (Å²) < 4.78 is 5.14. The number of hydrogen-bond donors (Lipinski definition) is 2. The molecule has 0 fully saturated rings. The highest BCUT2D eigenvalue weighted by Crippen LogP contribution is 2.23. The van der Waals surface area contributed by atoms with Crippen molar-refractivity contribution in [3.8, 4) is 5.75 Å². The van der Waals surface area contributed by atoms with Crippen LogP contribution in [-0.2, 0) is 0 Å². The van der Waals surface area contributed by atoms with Crippen molar-refractivity contribution in [1.82, 2.24) is 0 Å². The fourth-order valence-corrected chi connectivity index (χ4v) is 1.12. The van der Waals surface area contributed by atoms with Crippen molar-refractivity contribution in [2.24, 2.45) is 5.73 Å².